The summed E-state index contributed by atoms with van der Waals surface area (Å²) in [6.07, 6.45) is 1.86. The molecule has 0 radical (unpaired) electrons. The topological polar surface area (TPSA) is 22.1 Å². The van der Waals surface area contributed by atoms with Gasteiger partial charge in [0.1, 0.15) is 5.75 Å². The van der Waals surface area contributed by atoms with E-state index in [0.29, 0.717) is 0 Å². The fourth-order valence-corrected chi connectivity index (χ4v) is 2.02. The summed E-state index contributed by atoms with van der Waals surface area (Å²) in [4.78, 5) is 4.33. The number of benzene rings is 1. The molecule has 1 heterocycles. The van der Waals surface area contributed by atoms with Crippen molar-refractivity contribution in [1.29, 1.82) is 0 Å². The van der Waals surface area contributed by atoms with Gasteiger partial charge in [0.15, 0.2) is 0 Å². The number of methoxy groups -OCH3 is 1. The van der Waals surface area contributed by atoms with Crippen LogP contribution in [0.15, 0.2) is 28.9 Å². The Morgan fingerprint density at radius 3 is 2.86 bits per heavy atom. The lowest BCUT2D eigenvalue weighted by atomic mass is 10.2. The Kier molecular flexibility index (Phi) is 2.42. The van der Waals surface area contributed by atoms with Crippen LogP contribution < -0.4 is 4.74 Å². The highest BCUT2D eigenvalue weighted by Crippen LogP contribution is 2.32. The van der Waals surface area contributed by atoms with Gasteiger partial charge >= 0.3 is 0 Å². The van der Waals surface area contributed by atoms with Gasteiger partial charge in [-0.3, -0.25) is 4.98 Å². The Morgan fingerprint density at radius 2 is 2.14 bits per heavy atom. The zero-order valence-corrected chi connectivity index (χ0v) is 9.63. The van der Waals surface area contributed by atoms with E-state index in [0.717, 1.165) is 26.7 Å². The van der Waals surface area contributed by atoms with Crippen molar-refractivity contribution in [2.24, 2.45) is 0 Å². The van der Waals surface area contributed by atoms with E-state index >= 15 is 0 Å². The number of hydrogen-bond acceptors (Lipinski definition) is 2. The molecule has 0 saturated heterocycles. The van der Waals surface area contributed by atoms with E-state index in [4.69, 9.17) is 4.74 Å². The molecule has 0 atom stereocenters. The van der Waals surface area contributed by atoms with Crippen molar-refractivity contribution in [2.75, 3.05) is 7.11 Å². The molecule has 0 aliphatic carbocycles. The van der Waals surface area contributed by atoms with Gasteiger partial charge < -0.3 is 4.74 Å². The third kappa shape index (κ3) is 1.48. The quantitative estimate of drug-likeness (QED) is 0.776. The van der Waals surface area contributed by atoms with Crippen LogP contribution in [0.2, 0.25) is 0 Å². The summed E-state index contributed by atoms with van der Waals surface area (Å²) in [6.45, 7) is 2.03. The lowest BCUT2D eigenvalue weighted by molar-refractivity contribution is 0.413. The summed E-state index contributed by atoms with van der Waals surface area (Å²) in [5.41, 5.74) is 2.12. The smallest absolute Gasteiger partial charge is 0.133 e. The van der Waals surface area contributed by atoms with Crippen molar-refractivity contribution in [1.82, 2.24) is 4.98 Å². The van der Waals surface area contributed by atoms with Gasteiger partial charge in [-0.05, 0) is 46.6 Å². The van der Waals surface area contributed by atoms with Gasteiger partial charge in [0.05, 0.1) is 17.1 Å². The van der Waals surface area contributed by atoms with E-state index in [2.05, 4.69) is 27.0 Å². The van der Waals surface area contributed by atoms with Crippen molar-refractivity contribution in [2.45, 2.75) is 6.92 Å². The molecule has 3 heteroatoms. The number of fused-ring (bicyclic) bond motifs is 1. The predicted octanol–water partition coefficient (Wildman–Crippen LogP) is 3.31. The number of pyridine rings is 1. The molecule has 0 unspecified atom stereocenters. The summed E-state index contributed by atoms with van der Waals surface area (Å²) in [6, 6.07) is 5.96. The van der Waals surface area contributed by atoms with Crippen LogP contribution in [0.5, 0.6) is 5.75 Å². The Bertz CT molecular complexity index is 482. The average molecular weight is 252 g/mol. The van der Waals surface area contributed by atoms with Crippen molar-refractivity contribution in [3.05, 3.63) is 34.4 Å². The van der Waals surface area contributed by atoms with Crippen molar-refractivity contribution in [3.63, 3.8) is 0 Å². The fraction of sp³-hybridized carbons (Fsp3) is 0.182. The maximum absolute atomic E-state index is 5.22. The SMILES string of the molecule is COc1ccc2ncc(C)cc2c1Br. The lowest BCUT2D eigenvalue weighted by Gasteiger charge is -2.06. The van der Waals surface area contributed by atoms with Crippen LogP contribution in [-0.2, 0) is 0 Å². The first kappa shape index (κ1) is 9.46. The van der Waals surface area contributed by atoms with Gasteiger partial charge in [-0.1, -0.05) is 0 Å². The van der Waals surface area contributed by atoms with Gasteiger partial charge in [0.2, 0.25) is 0 Å². The Balaban J connectivity index is 2.79. The second-order valence-corrected chi connectivity index (χ2v) is 3.95. The average Bonchev–Trinajstić information content (AvgIpc) is 2.20. The second kappa shape index (κ2) is 3.58. The summed E-state index contributed by atoms with van der Waals surface area (Å²) in [5, 5.41) is 1.09. The normalized spacial score (nSPS) is 10.5. The van der Waals surface area contributed by atoms with E-state index in [1.165, 1.54) is 0 Å². The molecule has 0 fully saturated rings. The molecule has 0 aliphatic rings. The molecule has 0 saturated carbocycles. The lowest BCUT2D eigenvalue weighted by Crippen LogP contribution is -1.87. The van der Waals surface area contributed by atoms with Gasteiger partial charge in [-0.15, -0.1) is 0 Å². The molecule has 1 aromatic carbocycles. The molecule has 72 valence electrons. The fourth-order valence-electron chi connectivity index (χ4n) is 1.41. The minimum atomic E-state index is 0.838. The summed E-state index contributed by atoms with van der Waals surface area (Å²) in [5.74, 6) is 0.838. The summed E-state index contributed by atoms with van der Waals surface area (Å²) >= 11 is 3.51. The third-order valence-electron chi connectivity index (χ3n) is 2.12. The molecule has 2 aromatic rings. The Labute approximate surface area is 91.0 Å². The van der Waals surface area contributed by atoms with Crippen LogP contribution in [-0.4, -0.2) is 12.1 Å². The van der Waals surface area contributed by atoms with Gasteiger partial charge in [0.25, 0.3) is 0 Å². The highest BCUT2D eigenvalue weighted by atomic mass is 79.9. The Hall–Kier alpha value is -1.09. The first-order chi connectivity index (χ1) is 6.72. The van der Waals surface area contributed by atoms with Gasteiger partial charge in [-0.25, -0.2) is 0 Å². The van der Waals surface area contributed by atoms with Crippen LogP contribution in [0.25, 0.3) is 10.9 Å². The number of rotatable bonds is 1. The van der Waals surface area contributed by atoms with Crippen molar-refractivity contribution < 1.29 is 4.74 Å². The molecule has 0 bridgehead atoms. The second-order valence-electron chi connectivity index (χ2n) is 3.16. The minimum absolute atomic E-state index is 0.838. The zero-order valence-electron chi connectivity index (χ0n) is 8.04. The van der Waals surface area contributed by atoms with E-state index in [1.807, 2.05) is 25.3 Å². The van der Waals surface area contributed by atoms with E-state index in [9.17, 15) is 0 Å². The molecule has 0 N–H and O–H groups in total. The molecular weight excluding hydrogens is 242 g/mol. The first-order valence-electron chi connectivity index (χ1n) is 4.31. The minimum Gasteiger partial charge on any atom is -0.496 e. The van der Waals surface area contributed by atoms with Crippen LogP contribution >= 0.6 is 15.9 Å². The van der Waals surface area contributed by atoms with Gasteiger partial charge in [-0.2, -0.15) is 0 Å². The molecular formula is C11H10BrNO. The number of hydrogen-bond donors (Lipinski definition) is 0. The zero-order chi connectivity index (χ0) is 10.1. The summed E-state index contributed by atoms with van der Waals surface area (Å²) in [7, 11) is 1.66. The molecule has 2 nitrogen and oxygen atoms in total. The molecule has 14 heavy (non-hydrogen) atoms. The van der Waals surface area contributed by atoms with Crippen LogP contribution in [0.4, 0.5) is 0 Å². The number of aromatic nitrogens is 1. The highest BCUT2D eigenvalue weighted by Gasteiger charge is 2.05. The molecule has 2 rings (SSSR count). The molecule has 0 amide bonds. The number of ether oxygens (including phenoxy) is 1. The number of aryl methyl sites for hydroxylation is 1. The van der Waals surface area contributed by atoms with Crippen LogP contribution in [0.1, 0.15) is 5.56 Å². The van der Waals surface area contributed by atoms with Crippen molar-refractivity contribution >= 4 is 26.8 Å². The van der Waals surface area contributed by atoms with Crippen molar-refractivity contribution in [3.8, 4) is 5.75 Å². The third-order valence-corrected chi connectivity index (χ3v) is 2.94. The first-order valence-corrected chi connectivity index (χ1v) is 5.10. The van der Waals surface area contributed by atoms with E-state index in [-0.39, 0.29) is 0 Å². The Morgan fingerprint density at radius 1 is 1.36 bits per heavy atom. The maximum atomic E-state index is 5.22. The largest absolute Gasteiger partial charge is 0.496 e. The van der Waals surface area contributed by atoms with Crippen LogP contribution in [0, 0.1) is 6.92 Å². The summed E-state index contributed by atoms with van der Waals surface area (Å²) < 4.78 is 6.18. The number of nitrogens with zero attached hydrogens (tertiary/aromatic N) is 1. The van der Waals surface area contributed by atoms with Gasteiger partial charge in [0, 0.05) is 11.6 Å². The molecule has 0 aliphatic heterocycles. The van der Waals surface area contributed by atoms with E-state index in [1.54, 1.807) is 7.11 Å². The van der Waals surface area contributed by atoms with E-state index < -0.39 is 0 Å². The standard InChI is InChI=1S/C11H10BrNO/c1-7-5-8-9(13-6-7)3-4-10(14-2)11(8)12/h3-6H,1-2H3. The molecule has 0 spiro atoms. The predicted molar refractivity (Wildman–Crippen MR) is 60.7 cm³/mol. The highest BCUT2D eigenvalue weighted by molar-refractivity contribution is 9.10. The van der Waals surface area contributed by atoms with Crippen LogP contribution in [0.3, 0.4) is 0 Å². The molecule has 1 aromatic heterocycles. The number of halogens is 1. The monoisotopic (exact) mass is 251 g/mol. The maximum Gasteiger partial charge on any atom is 0.133 e.